The van der Waals surface area contributed by atoms with Gasteiger partial charge in [0, 0.05) is 31.1 Å². The van der Waals surface area contributed by atoms with Crippen molar-refractivity contribution in [2.75, 3.05) is 6.54 Å². The third-order valence-electron chi connectivity index (χ3n) is 6.55. The fraction of sp³-hybridized carbons (Fsp3) is 0.417. The van der Waals surface area contributed by atoms with Crippen molar-refractivity contribution in [1.29, 1.82) is 0 Å². The van der Waals surface area contributed by atoms with Crippen LogP contribution in [0.1, 0.15) is 58.9 Å². The van der Waals surface area contributed by atoms with Gasteiger partial charge in [-0.3, -0.25) is 4.79 Å². The molecule has 2 N–H and O–H groups in total. The Bertz CT molecular complexity index is 1050. The summed E-state index contributed by atoms with van der Waals surface area (Å²) in [6.45, 7) is 1.89. The Labute approximate surface area is 171 Å². The van der Waals surface area contributed by atoms with Crippen LogP contribution in [0.4, 0.5) is 0 Å². The summed E-state index contributed by atoms with van der Waals surface area (Å²) in [6.07, 6.45) is 5.25. The van der Waals surface area contributed by atoms with Gasteiger partial charge in [0.15, 0.2) is 0 Å². The SMILES string of the molecule is Cn1c(C2CCCC(NC(=O)c3ccc4c(c3)CCNC4)C2)nc2ccccc21. The van der Waals surface area contributed by atoms with Gasteiger partial charge in [0.05, 0.1) is 11.0 Å². The molecule has 150 valence electrons. The summed E-state index contributed by atoms with van der Waals surface area (Å²) < 4.78 is 2.22. The monoisotopic (exact) mass is 388 g/mol. The van der Waals surface area contributed by atoms with Crippen molar-refractivity contribution in [3.8, 4) is 0 Å². The Morgan fingerprint density at radius 3 is 2.97 bits per heavy atom. The first-order valence-electron chi connectivity index (χ1n) is 10.7. The number of fused-ring (bicyclic) bond motifs is 2. The van der Waals surface area contributed by atoms with E-state index in [-0.39, 0.29) is 11.9 Å². The molecule has 2 aliphatic rings. The number of aryl methyl sites for hydroxylation is 1. The average molecular weight is 389 g/mol. The highest BCUT2D eigenvalue weighted by molar-refractivity contribution is 5.94. The molecule has 0 bridgehead atoms. The summed E-state index contributed by atoms with van der Waals surface area (Å²) in [4.78, 5) is 17.8. The summed E-state index contributed by atoms with van der Waals surface area (Å²) in [5, 5.41) is 6.68. The lowest BCUT2D eigenvalue weighted by atomic mass is 9.85. The van der Waals surface area contributed by atoms with Crippen LogP contribution in [0.5, 0.6) is 0 Å². The highest BCUT2D eigenvalue weighted by Crippen LogP contribution is 2.34. The van der Waals surface area contributed by atoms with E-state index < -0.39 is 0 Å². The van der Waals surface area contributed by atoms with Crippen LogP contribution in [-0.4, -0.2) is 28.0 Å². The largest absolute Gasteiger partial charge is 0.349 e. The quantitative estimate of drug-likeness (QED) is 0.720. The smallest absolute Gasteiger partial charge is 0.251 e. The van der Waals surface area contributed by atoms with Crippen molar-refractivity contribution in [3.63, 3.8) is 0 Å². The Balaban J connectivity index is 1.30. The van der Waals surface area contributed by atoms with Crippen LogP contribution in [0.2, 0.25) is 0 Å². The highest BCUT2D eigenvalue weighted by atomic mass is 16.1. The van der Waals surface area contributed by atoms with Crippen LogP contribution in [0.25, 0.3) is 11.0 Å². The Kier molecular flexibility index (Phi) is 4.84. The Morgan fingerprint density at radius 1 is 1.17 bits per heavy atom. The molecule has 1 fully saturated rings. The van der Waals surface area contributed by atoms with Gasteiger partial charge in [-0.05, 0) is 67.6 Å². The molecule has 1 aromatic heterocycles. The molecule has 2 unspecified atom stereocenters. The van der Waals surface area contributed by atoms with E-state index in [9.17, 15) is 4.79 Å². The molecule has 3 aromatic rings. The van der Waals surface area contributed by atoms with E-state index in [0.29, 0.717) is 5.92 Å². The molecule has 0 saturated heterocycles. The van der Waals surface area contributed by atoms with Crippen LogP contribution in [0.3, 0.4) is 0 Å². The number of rotatable bonds is 3. The molecular weight excluding hydrogens is 360 g/mol. The van der Waals surface area contributed by atoms with Gasteiger partial charge in [0.2, 0.25) is 0 Å². The first kappa shape index (κ1) is 18.4. The van der Waals surface area contributed by atoms with Gasteiger partial charge in [-0.2, -0.15) is 0 Å². The number of carbonyl (C=O) groups excluding carboxylic acids is 1. The van der Waals surface area contributed by atoms with Crippen LogP contribution in [0, 0.1) is 0 Å². The molecule has 1 aliphatic heterocycles. The number of para-hydroxylation sites is 2. The van der Waals surface area contributed by atoms with E-state index in [1.54, 1.807) is 0 Å². The summed E-state index contributed by atoms with van der Waals surface area (Å²) in [5.74, 6) is 1.59. The minimum atomic E-state index is 0.0574. The van der Waals surface area contributed by atoms with E-state index in [1.165, 1.54) is 16.6 Å². The molecule has 2 aromatic carbocycles. The summed E-state index contributed by atoms with van der Waals surface area (Å²) >= 11 is 0. The summed E-state index contributed by atoms with van der Waals surface area (Å²) in [6, 6.07) is 14.7. The molecule has 5 nitrogen and oxygen atoms in total. The molecule has 2 heterocycles. The van der Waals surface area contributed by atoms with Crippen LogP contribution in [-0.2, 0) is 20.0 Å². The van der Waals surface area contributed by atoms with Crippen molar-refractivity contribution in [2.45, 2.75) is 50.6 Å². The molecule has 1 saturated carbocycles. The fourth-order valence-electron chi connectivity index (χ4n) is 4.97. The molecule has 5 rings (SSSR count). The molecule has 2 atom stereocenters. The molecule has 1 aliphatic carbocycles. The minimum Gasteiger partial charge on any atom is -0.349 e. The average Bonchev–Trinajstić information content (AvgIpc) is 3.10. The number of carbonyl (C=O) groups is 1. The number of imidazole rings is 1. The maximum Gasteiger partial charge on any atom is 0.251 e. The van der Waals surface area contributed by atoms with E-state index in [2.05, 4.69) is 52.6 Å². The number of nitrogens with one attached hydrogen (secondary N) is 2. The molecule has 1 amide bonds. The number of nitrogens with zero attached hydrogens (tertiary/aromatic N) is 2. The van der Waals surface area contributed by atoms with Gasteiger partial charge in [-0.1, -0.05) is 24.6 Å². The number of hydrogen-bond acceptors (Lipinski definition) is 3. The number of amides is 1. The lowest BCUT2D eigenvalue weighted by molar-refractivity contribution is 0.0924. The van der Waals surface area contributed by atoms with E-state index in [4.69, 9.17) is 4.98 Å². The fourth-order valence-corrected chi connectivity index (χ4v) is 4.97. The van der Waals surface area contributed by atoms with E-state index in [1.807, 2.05) is 12.1 Å². The number of aromatic nitrogens is 2. The Hall–Kier alpha value is -2.66. The van der Waals surface area contributed by atoms with Crippen LogP contribution < -0.4 is 10.6 Å². The lowest BCUT2D eigenvalue weighted by Crippen LogP contribution is -2.38. The van der Waals surface area contributed by atoms with Gasteiger partial charge in [0.1, 0.15) is 5.82 Å². The van der Waals surface area contributed by atoms with Gasteiger partial charge in [0.25, 0.3) is 5.91 Å². The maximum absolute atomic E-state index is 12.9. The van der Waals surface area contributed by atoms with Gasteiger partial charge >= 0.3 is 0 Å². The van der Waals surface area contributed by atoms with Crippen LogP contribution >= 0.6 is 0 Å². The molecule has 0 radical (unpaired) electrons. The van der Waals surface area contributed by atoms with Crippen molar-refractivity contribution in [1.82, 2.24) is 20.2 Å². The predicted octanol–water partition coefficient (Wildman–Crippen LogP) is 3.68. The summed E-state index contributed by atoms with van der Waals surface area (Å²) in [5.41, 5.74) is 5.64. The standard InChI is InChI=1S/C24H28N4O/c1-28-22-8-3-2-7-21(22)27-23(28)17-5-4-6-20(14-17)26-24(29)18-9-10-19-15-25-12-11-16(19)13-18/h2-3,7-10,13,17,20,25H,4-6,11-12,14-15H2,1H3,(H,26,29). The zero-order chi connectivity index (χ0) is 19.8. The van der Waals surface area contributed by atoms with Crippen molar-refractivity contribution < 1.29 is 4.79 Å². The third-order valence-corrected chi connectivity index (χ3v) is 6.55. The third kappa shape index (κ3) is 3.55. The minimum absolute atomic E-state index is 0.0574. The second-order valence-corrected chi connectivity index (χ2v) is 8.46. The van der Waals surface area contributed by atoms with Crippen molar-refractivity contribution >= 4 is 16.9 Å². The Morgan fingerprint density at radius 2 is 2.07 bits per heavy atom. The molecular formula is C24H28N4O. The van der Waals surface area contributed by atoms with Gasteiger partial charge < -0.3 is 15.2 Å². The summed E-state index contributed by atoms with van der Waals surface area (Å²) in [7, 11) is 2.11. The molecule has 0 spiro atoms. The number of benzene rings is 2. The predicted molar refractivity (Wildman–Crippen MR) is 115 cm³/mol. The zero-order valence-electron chi connectivity index (χ0n) is 16.9. The first-order chi connectivity index (χ1) is 14.2. The molecule has 29 heavy (non-hydrogen) atoms. The second kappa shape index (κ2) is 7.64. The van der Waals surface area contributed by atoms with Crippen molar-refractivity contribution in [2.24, 2.45) is 7.05 Å². The maximum atomic E-state index is 12.9. The first-order valence-corrected chi connectivity index (χ1v) is 10.7. The number of hydrogen-bond donors (Lipinski definition) is 2. The lowest BCUT2D eigenvalue weighted by Gasteiger charge is -2.29. The molecule has 5 heteroatoms. The zero-order valence-corrected chi connectivity index (χ0v) is 16.9. The normalized spacial score (nSPS) is 21.7. The topological polar surface area (TPSA) is 59.0 Å². The van der Waals surface area contributed by atoms with Crippen LogP contribution in [0.15, 0.2) is 42.5 Å². The second-order valence-electron chi connectivity index (χ2n) is 8.46. The van der Waals surface area contributed by atoms with E-state index in [0.717, 1.165) is 62.1 Å². The van der Waals surface area contributed by atoms with Gasteiger partial charge in [-0.15, -0.1) is 0 Å². The highest BCUT2D eigenvalue weighted by Gasteiger charge is 2.28. The van der Waals surface area contributed by atoms with Crippen molar-refractivity contribution in [3.05, 3.63) is 65.0 Å². The van der Waals surface area contributed by atoms with E-state index >= 15 is 0 Å². The van der Waals surface area contributed by atoms with Gasteiger partial charge in [-0.25, -0.2) is 4.98 Å².